The van der Waals surface area contributed by atoms with Crippen molar-refractivity contribution in [3.8, 4) is 17.1 Å². The number of nitrogens with zero attached hydrogens (tertiary/aromatic N) is 2. The van der Waals surface area contributed by atoms with E-state index in [0.29, 0.717) is 11.6 Å². The number of methoxy groups -OCH3 is 1. The average molecular weight is 232 g/mol. The van der Waals surface area contributed by atoms with Gasteiger partial charge >= 0.3 is 5.97 Å². The van der Waals surface area contributed by atoms with Crippen LogP contribution in [0.4, 0.5) is 0 Å². The minimum Gasteiger partial charge on any atom is -0.496 e. The SMILES string of the molecule is COc1ccccc1-c1ncc(C(=O)O)n1C. The summed E-state index contributed by atoms with van der Waals surface area (Å²) in [5.41, 5.74) is 0.913. The normalized spacial score (nSPS) is 10.2. The number of imidazole rings is 1. The van der Waals surface area contributed by atoms with Gasteiger partial charge in [-0.3, -0.25) is 0 Å². The number of carboxylic acids is 1. The highest BCUT2D eigenvalue weighted by Gasteiger charge is 2.16. The minimum absolute atomic E-state index is 0.144. The fourth-order valence-corrected chi connectivity index (χ4v) is 1.69. The van der Waals surface area contributed by atoms with Gasteiger partial charge in [0.1, 0.15) is 17.3 Å². The van der Waals surface area contributed by atoms with Crippen LogP contribution in [0.3, 0.4) is 0 Å². The quantitative estimate of drug-likeness (QED) is 0.876. The van der Waals surface area contributed by atoms with Crippen LogP contribution in [0.15, 0.2) is 30.5 Å². The lowest BCUT2D eigenvalue weighted by Crippen LogP contribution is -2.05. The summed E-state index contributed by atoms with van der Waals surface area (Å²) in [6.45, 7) is 0. The van der Waals surface area contributed by atoms with Crippen LogP contribution in [0.5, 0.6) is 5.75 Å². The molecule has 0 aliphatic rings. The van der Waals surface area contributed by atoms with Crippen molar-refractivity contribution < 1.29 is 14.6 Å². The Morgan fingerprint density at radius 2 is 2.12 bits per heavy atom. The van der Waals surface area contributed by atoms with Crippen molar-refractivity contribution in [2.75, 3.05) is 7.11 Å². The molecule has 0 amide bonds. The molecule has 1 aromatic carbocycles. The molecule has 0 aliphatic heterocycles. The maximum Gasteiger partial charge on any atom is 0.354 e. The number of rotatable bonds is 3. The van der Waals surface area contributed by atoms with Crippen molar-refractivity contribution in [3.63, 3.8) is 0 Å². The molecule has 5 heteroatoms. The van der Waals surface area contributed by atoms with Crippen LogP contribution in [0, 0.1) is 0 Å². The molecule has 1 aromatic heterocycles. The van der Waals surface area contributed by atoms with Crippen molar-refractivity contribution in [1.29, 1.82) is 0 Å². The van der Waals surface area contributed by atoms with Crippen LogP contribution < -0.4 is 4.74 Å². The largest absolute Gasteiger partial charge is 0.496 e. The number of aromatic carboxylic acids is 1. The van der Waals surface area contributed by atoms with E-state index >= 15 is 0 Å². The van der Waals surface area contributed by atoms with Gasteiger partial charge in [-0.2, -0.15) is 0 Å². The van der Waals surface area contributed by atoms with Crippen molar-refractivity contribution in [2.24, 2.45) is 7.05 Å². The van der Waals surface area contributed by atoms with Crippen molar-refractivity contribution in [3.05, 3.63) is 36.2 Å². The van der Waals surface area contributed by atoms with E-state index in [-0.39, 0.29) is 5.69 Å². The Bertz CT molecular complexity index is 561. The predicted octanol–water partition coefficient (Wildman–Crippen LogP) is 1.79. The molecule has 1 heterocycles. The fourth-order valence-electron chi connectivity index (χ4n) is 1.69. The monoisotopic (exact) mass is 232 g/mol. The molecular formula is C12H12N2O3. The molecule has 17 heavy (non-hydrogen) atoms. The fraction of sp³-hybridized carbons (Fsp3) is 0.167. The Kier molecular flexibility index (Phi) is 2.82. The molecular weight excluding hydrogens is 220 g/mol. The first kappa shape index (κ1) is 11.2. The highest BCUT2D eigenvalue weighted by Crippen LogP contribution is 2.28. The van der Waals surface area contributed by atoms with E-state index < -0.39 is 5.97 Å². The Balaban J connectivity index is 2.57. The summed E-state index contributed by atoms with van der Waals surface area (Å²) in [5.74, 6) is 0.235. The van der Waals surface area contributed by atoms with Gasteiger partial charge in [0.25, 0.3) is 0 Å². The predicted molar refractivity (Wildman–Crippen MR) is 62.2 cm³/mol. The molecule has 2 aromatic rings. The van der Waals surface area contributed by atoms with Gasteiger partial charge in [-0.05, 0) is 12.1 Å². The molecule has 0 unspecified atom stereocenters. The van der Waals surface area contributed by atoms with E-state index in [9.17, 15) is 4.79 Å². The summed E-state index contributed by atoms with van der Waals surface area (Å²) < 4.78 is 6.75. The van der Waals surface area contributed by atoms with Gasteiger partial charge in [0.2, 0.25) is 0 Å². The molecule has 1 N–H and O–H groups in total. The Morgan fingerprint density at radius 1 is 1.41 bits per heavy atom. The van der Waals surface area contributed by atoms with Crippen LogP contribution in [-0.4, -0.2) is 27.7 Å². The van der Waals surface area contributed by atoms with Crippen LogP contribution in [-0.2, 0) is 7.05 Å². The van der Waals surface area contributed by atoms with Gasteiger partial charge in [0.05, 0.1) is 18.9 Å². The molecule has 0 spiro atoms. The summed E-state index contributed by atoms with van der Waals surface area (Å²) in [5, 5.41) is 8.96. The Labute approximate surface area is 98.3 Å². The number of hydrogen-bond acceptors (Lipinski definition) is 3. The highest BCUT2D eigenvalue weighted by molar-refractivity contribution is 5.86. The zero-order valence-corrected chi connectivity index (χ0v) is 9.54. The summed E-state index contributed by atoms with van der Waals surface area (Å²) in [6.07, 6.45) is 1.34. The summed E-state index contributed by atoms with van der Waals surface area (Å²) in [6, 6.07) is 7.35. The molecule has 0 radical (unpaired) electrons. The third-order valence-corrected chi connectivity index (χ3v) is 2.56. The smallest absolute Gasteiger partial charge is 0.354 e. The third kappa shape index (κ3) is 1.87. The molecule has 0 aliphatic carbocycles. The molecule has 0 fully saturated rings. The number of carboxylic acid groups (broad SMARTS) is 1. The number of carbonyl (C=O) groups is 1. The number of aromatic nitrogens is 2. The lowest BCUT2D eigenvalue weighted by Gasteiger charge is -2.08. The minimum atomic E-state index is -0.999. The second-order valence-corrected chi connectivity index (χ2v) is 3.53. The van der Waals surface area contributed by atoms with E-state index in [1.54, 1.807) is 14.2 Å². The molecule has 0 atom stereocenters. The van der Waals surface area contributed by atoms with E-state index in [2.05, 4.69) is 4.98 Å². The van der Waals surface area contributed by atoms with E-state index in [1.807, 2.05) is 24.3 Å². The van der Waals surface area contributed by atoms with Gasteiger partial charge in [0, 0.05) is 7.05 Å². The first-order chi connectivity index (χ1) is 8.15. The van der Waals surface area contributed by atoms with E-state index in [0.717, 1.165) is 5.56 Å². The first-order valence-corrected chi connectivity index (χ1v) is 5.03. The molecule has 5 nitrogen and oxygen atoms in total. The van der Waals surface area contributed by atoms with Gasteiger partial charge in [0.15, 0.2) is 0 Å². The second kappa shape index (κ2) is 4.29. The van der Waals surface area contributed by atoms with Crippen molar-refractivity contribution in [2.45, 2.75) is 0 Å². The van der Waals surface area contributed by atoms with Crippen molar-refractivity contribution in [1.82, 2.24) is 9.55 Å². The third-order valence-electron chi connectivity index (χ3n) is 2.56. The lowest BCUT2D eigenvalue weighted by atomic mass is 10.2. The number of benzene rings is 1. The Hall–Kier alpha value is -2.30. The molecule has 88 valence electrons. The maximum atomic E-state index is 10.9. The van der Waals surface area contributed by atoms with Crippen LogP contribution in [0.1, 0.15) is 10.5 Å². The number of ether oxygens (including phenoxy) is 1. The molecule has 0 saturated carbocycles. The molecule has 0 saturated heterocycles. The zero-order valence-electron chi connectivity index (χ0n) is 9.54. The van der Waals surface area contributed by atoms with E-state index in [1.165, 1.54) is 10.8 Å². The summed E-state index contributed by atoms with van der Waals surface area (Å²) >= 11 is 0. The van der Waals surface area contributed by atoms with Gasteiger partial charge in [-0.25, -0.2) is 9.78 Å². The zero-order chi connectivity index (χ0) is 12.4. The highest BCUT2D eigenvalue weighted by atomic mass is 16.5. The van der Waals surface area contributed by atoms with Gasteiger partial charge < -0.3 is 14.4 Å². The number of hydrogen-bond donors (Lipinski definition) is 1. The van der Waals surface area contributed by atoms with Gasteiger partial charge in [-0.15, -0.1) is 0 Å². The second-order valence-electron chi connectivity index (χ2n) is 3.53. The topological polar surface area (TPSA) is 64.3 Å². The standard InChI is InChI=1S/C12H12N2O3/c1-14-9(12(15)16)7-13-11(14)8-5-3-4-6-10(8)17-2/h3-7H,1-2H3,(H,15,16). The number of para-hydroxylation sites is 1. The lowest BCUT2D eigenvalue weighted by molar-refractivity contribution is 0.0686. The van der Waals surface area contributed by atoms with Crippen LogP contribution in [0.25, 0.3) is 11.4 Å². The summed E-state index contributed by atoms with van der Waals surface area (Å²) in [4.78, 5) is 15.0. The Morgan fingerprint density at radius 3 is 2.71 bits per heavy atom. The molecule has 2 rings (SSSR count). The van der Waals surface area contributed by atoms with Gasteiger partial charge in [-0.1, -0.05) is 12.1 Å². The van der Waals surface area contributed by atoms with E-state index in [4.69, 9.17) is 9.84 Å². The first-order valence-electron chi connectivity index (χ1n) is 5.03. The van der Waals surface area contributed by atoms with Crippen molar-refractivity contribution >= 4 is 5.97 Å². The summed E-state index contributed by atoms with van der Waals surface area (Å²) in [7, 11) is 3.23. The maximum absolute atomic E-state index is 10.9. The van der Waals surface area contributed by atoms with Crippen LogP contribution >= 0.6 is 0 Å². The molecule has 0 bridgehead atoms. The average Bonchev–Trinajstić information content (AvgIpc) is 2.71. The van der Waals surface area contributed by atoms with Crippen LogP contribution in [0.2, 0.25) is 0 Å².